The third-order valence-corrected chi connectivity index (χ3v) is 6.51. The van der Waals surface area contributed by atoms with Crippen molar-refractivity contribution in [2.45, 2.75) is 43.4 Å². The Bertz CT molecular complexity index is 713. The van der Waals surface area contributed by atoms with E-state index in [-0.39, 0.29) is 17.3 Å². The molecule has 0 radical (unpaired) electrons. The number of fused-ring (bicyclic) bond motifs is 2. The van der Waals surface area contributed by atoms with Crippen molar-refractivity contribution in [3.05, 3.63) is 34.9 Å². The van der Waals surface area contributed by atoms with Crippen LogP contribution in [0, 0.1) is 5.92 Å². The average molecular weight is 299 g/mol. The molecule has 2 N–H and O–H groups in total. The second-order valence-electron chi connectivity index (χ2n) is 7.49. The Kier molecular flexibility index (Phi) is 2.28. The number of likely N-dealkylation sites (N-methyl/N-ethyl adjacent to an activating group) is 1. The predicted octanol–water partition coefficient (Wildman–Crippen LogP) is 1.59. The number of nitrogens with zero attached hydrogens (tertiary/aromatic N) is 1. The van der Waals surface area contributed by atoms with E-state index in [4.69, 9.17) is 4.74 Å². The molecule has 116 valence electrons. The van der Waals surface area contributed by atoms with E-state index in [1.807, 2.05) is 12.1 Å². The van der Waals surface area contributed by atoms with E-state index in [1.165, 1.54) is 16.7 Å². The number of aliphatic hydroxyl groups excluding tert-OH is 1. The van der Waals surface area contributed by atoms with Crippen LogP contribution in [-0.4, -0.2) is 47.0 Å². The summed E-state index contributed by atoms with van der Waals surface area (Å²) in [6, 6.07) is 4.24. The minimum absolute atomic E-state index is 0.194. The highest BCUT2D eigenvalue weighted by molar-refractivity contribution is 5.61. The van der Waals surface area contributed by atoms with E-state index in [2.05, 4.69) is 18.9 Å². The molecular weight excluding hydrogens is 278 g/mol. The molecule has 1 spiro atoms. The summed E-state index contributed by atoms with van der Waals surface area (Å²) in [6.45, 7) is 3.20. The van der Waals surface area contributed by atoms with E-state index in [0.29, 0.717) is 17.7 Å². The Labute approximate surface area is 130 Å². The van der Waals surface area contributed by atoms with E-state index >= 15 is 0 Å². The molecule has 0 saturated carbocycles. The van der Waals surface area contributed by atoms with E-state index in [0.717, 1.165) is 19.4 Å². The van der Waals surface area contributed by atoms with Crippen molar-refractivity contribution in [2.75, 3.05) is 13.6 Å². The first-order chi connectivity index (χ1) is 10.5. The summed E-state index contributed by atoms with van der Waals surface area (Å²) in [6.07, 6.45) is 3.02. The van der Waals surface area contributed by atoms with Gasteiger partial charge >= 0.3 is 0 Å². The smallest absolute Gasteiger partial charge is 0.165 e. The van der Waals surface area contributed by atoms with E-state index in [1.54, 1.807) is 6.07 Å². The van der Waals surface area contributed by atoms with Crippen LogP contribution in [0.4, 0.5) is 0 Å². The molecule has 5 rings (SSSR count). The van der Waals surface area contributed by atoms with Gasteiger partial charge in [-0.25, -0.2) is 0 Å². The lowest BCUT2D eigenvalue weighted by Gasteiger charge is -2.48. The molecule has 1 aromatic carbocycles. The molecule has 2 aliphatic heterocycles. The molecule has 3 bridgehead atoms. The highest BCUT2D eigenvalue weighted by Gasteiger charge is 2.63. The number of phenols is 1. The Balaban J connectivity index is 1.86. The molecule has 1 fully saturated rings. The molecule has 0 unspecified atom stereocenters. The molecule has 5 atom stereocenters. The van der Waals surface area contributed by atoms with Crippen LogP contribution in [0.2, 0.25) is 0 Å². The van der Waals surface area contributed by atoms with Gasteiger partial charge in [-0.1, -0.05) is 24.6 Å². The van der Waals surface area contributed by atoms with Crippen molar-refractivity contribution < 1.29 is 14.9 Å². The first-order valence-electron chi connectivity index (χ1n) is 8.12. The topological polar surface area (TPSA) is 52.9 Å². The fraction of sp³-hybridized carbons (Fsp3) is 0.556. The molecule has 4 heteroatoms. The average Bonchev–Trinajstić information content (AvgIpc) is 2.81. The lowest BCUT2D eigenvalue weighted by Crippen LogP contribution is -2.57. The Morgan fingerprint density at radius 2 is 2.18 bits per heavy atom. The molecular formula is C18H21NO3. The molecule has 4 nitrogen and oxygen atoms in total. The van der Waals surface area contributed by atoms with Gasteiger partial charge in [0.2, 0.25) is 0 Å². The van der Waals surface area contributed by atoms with Crippen molar-refractivity contribution in [2.24, 2.45) is 5.92 Å². The second kappa shape index (κ2) is 3.87. The zero-order valence-corrected chi connectivity index (χ0v) is 12.9. The minimum Gasteiger partial charge on any atom is -0.504 e. The normalized spacial score (nSPS) is 41.7. The molecule has 1 saturated heterocycles. The molecule has 2 aliphatic carbocycles. The summed E-state index contributed by atoms with van der Waals surface area (Å²) in [5.74, 6) is 1.21. The molecule has 2 heterocycles. The quantitative estimate of drug-likeness (QED) is 0.714. The zero-order valence-electron chi connectivity index (χ0n) is 12.9. The van der Waals surface area contributed by atoms with Gasteiger partial charge in [0.15, 0.2) is 11.5 Å². The van der Waals surface area contributed by atoms with Crippen LogP contribution >= 0.6 is 0 Å². The first kappa shape index (κ1) is 13.0. The number of likely N-dealkylation sites (tertiary alicyclic amines) is 1. The molecule has 1 aromatic rings. The van der Waals surface area contributed by atoms with Gasteiger partial charge in [0.1, 0.15) is 12.2 Å². The summed E-state index contributed by atoms with van der Waals surface area (Å²) in [5.41, 5.74) is 3.55. The number of benzene rings is 1. The van der Waals surface area contributed by atoms with Crippen molar-refractivity contribution in [1.82, 2.24) is 4.90 Å². The third-order valence-electron chi connectivity index (χ3n) is 6.51. The van der Waals surface area contributed by atoms with Gasteiger partial charge in [-0.05, 0) is 37.4 Å². The maximum Gasteiger partial charge on any atom is 0.165 e. The number of hydrogen-bond acceptors (Lipinski definition) is 4. The van der Waals surface area contributed by atoms with E-state index in [9.17, 15) is 10.2 Å². The number of aliphatic hydroxyl groups is 1. The van der Waals surface area contributed by atoms with E-state index < -0.39 is 6.10 Å². The molecule has 4 aliphatic rings. The third kappa shape index (κ3) is 1.28. The fourth-order valence-corrected chi connectivity index (χ4v) is 5.59. The lowest BCUT2D eigenvalue weighted by atomic mass is 9.56. The van der Waals surface area contributed by atoms with Crippen molar-refractivity contribution in [3.8, 4) is 11.5 Å². The van der Waals surface area contributed by atoms with Crippen molar-refractivity contribution in [3.63, 3.8) is 0 Å². The van der Waals surface area contributed by atoms with Crippen LogP contribution in [0.5, 0.6) is 11.5 Å². The number of ether oxygens (including phenoxy) is 1. The lowest BCUT2D eigenvalue weighted by molar-refractivity contribution is -0.00917. The van der Waals surface area contributed by atoms with Gasteiger partial charge in [-0.15, -0.1) is 0 Å². The minimum atomic E-state index is -0.601. The van der Waals surface area contributed by atoms with Crippen LogP contribution in [0.3, 0.4) is 0 Å². The van der Waals surface area contributed by atoms with Gasteiger partial charge in [0.25, 0.3) is 0 Å². The number of aromatic hydroxyl groups is 1. The van der Waals surface area contributed by atoms with Crippen molar-refractivity contribution >= 4 is 0 Å². The summed E-state index contributed by atoms with van der Waals surface area (Å²) < 4.78 is 6.14. The summed E-state index contributed by atoms with van der Waals surface area (Å²) >= 11 is 0. The van der Waals surface area contributed by atoms with Gasteiger partial charge in [-0.3, -0.25) is 4.90 Å². The van der Waals surface area contributed by atoms with Gasteiger partial charge in [-0.2, -0.15) is 0 Å². The fourth-order valence-electron chi connectivity index (χ4n) is 5.59. The van der Waals surface area contributed by atoms with Gasteiger partial charge < -0.3 is 14.9 Å². The predicted molar refractivity (Wildman–Crippen MR) is 82.2 cm³/mol. The zero-order chi connectivity index (χ0) is 15.2. The largest absolute Gasteiger partial charge is 0.504 e. The van der Waals surface area contributed by atoms with Crippen molar-refractivity contribution in [1.29, 1.82) is 0 Å². The Morgan fingerprint density at radius 1 is 1.36 bits per heavy atom. The highest BCUT2D eigenvalue weighted by atomic mass is 16.5. The molecule has 22 heavy (non-hydrogen) atoms. The highest BCUT2D eigenvalue weighted by Crippen LogP contribution is 2.62. The second-order valence-corrected chi connectivity index (χ2v) is 7.49. The van der Waals surface area contributed by atoms with Crippen LogP contribution in [-0.2, 0) is 11.8 Å². The van der Waals surface area contributed by atoms with Crippen LogP contribution in [0.25, 0.3) is 0 Å². The van der Waals surface area contributed by atoms with Crippen LogP contribution < -0.4 is 4.74 Å². The maximum absolute atomic E-state index is 10.7. The molecule has 0 amide bonds. The Hall–Kier alpha value is -1.52. The summed E-state index contributed by atoms with van der Waals surface area (Å²) in [7, 11) is 2.18. The van der Waals surface area contributed by atoms with Crippen LogP contribution in [0.15, 0.2) is 23.8 Å². The number of phenolic OH excluding ortho intramolecular Hbond substituents is 1. The number of rotatable bonds is 0. The van der Waals surface area contributed by atoms with Crippen LogP contribution in [0.1, 0.15) is 24.5 Å². The SMILES string of the molecule is C[C@H]1[C@H]2Cc3ccc(O)c4c3[C@]13CC(=C[C@H](O)[C@@H]3O4)CN2C. The van der Waals surface area contributed by atoms with Gasteiger partial charge in [0.05, 0.1) is 0 Å². The monoisotopic (exact) mass is 299 g/mol. The number of hydrogen-bond donors (Lipinski definition) is 2. The summed E-state index contributed by atoms with van der Waals surface area (Å²) in [4.78, 5) is 2.42. The first-order valence-corrected chi connectivity index (χ1v) is 8.12. The molecule has 0 aromatic heterocycles. The maximum atomic E-state index is 10.7. The Morgan fingerprint density at radius 3 is 3.00 bits per heavy atom. The standard InChI is InChI=1S/C18H21NO3/c1-9-12-6-11-3-4-13(20)16-15(11)18(9)7-10(8-19(12)2)5-14(21)17(18)22-16/h3-5,9,12,14,17,20-21H,6-8H2,1-2H3/t9-,12+,14-,17-,18-/m0/s1. The summed E-state index contributed by atoms with van der Waals surface area (Å²) in [5, 5.41) is 21.0. The van der Waals surface area contributed by atoms with Gasteiger partial charge in [0, 0.05) is 23.6 Å².